The van der Waals surface area contributed by atoms with E-state index in [1.165, 1.54) is 12.1 Å². The summed E-state index contributed by atoms with van der Waals surface area (Å²) < 4.78 is 40.4. The van der Waals surface area contributed by atoms with Crippen molar-refractivity contribution >= 4 is 10.0 Å². The van der Waals surface area contributed by atoms with Crippen LogP contribution in [0.3, 0.4) is 0 Å². The van der Waals surface area contributed by atoms with E-state index >= 15 is 0 Å². The van der Waals surface area contributed by atoms with E-state index in [0.29, 0.717) is 18.7 Å². The number of hydrogen-bond acceptors (Lipinski definition) is 4. The molecule has 1 aromatic rings. The average molecular weight is 317 g/mol. The predicted octanol–water partition coefficient (Wildman–Crippen LogP) is 1.17. The van der Waals surface area contributed by atoms with Crippen molar-refractivity contribution in [3.63, 3.8) is 0 Å². The van der Waals surface area contributed by atoms with Crippen molar-refractivity contribution in [2.75, 3.05) is 34.2 Å². The molecule has 0 fully saturated rings. The average Bonchev–Trinajstić information content (AvgIpc) is 2.38. The number of nitrogens with one attached hydrogen (secondary N) is 2. The summed E-state index contributed by atoms with van der Waals surface area (Å²) in [5.41, 5.74) is 0.708. The summed E-state index contributed by atoms with van der Waals surface area (Å²) in [5, 5.41) is 2.89. The first kappa shape index (κ1) is 18.0. The molecule has 0 heterocycles. The van der Waals surface area contributed by atoms with E-state index in [4.69, 9.17) is 0 Å². The Bertz CT molecular complexity index is 547. The Morgan fingerprint density at radius 1 is 1.24 bits per heavy atom. The van der Waals surface area contributed by atoms with Gasteiger partial charge in [-0.2, -0.15) is 0 Å². The summed E-state index contributed by atoms with van der Waals surface area (Å²) in [7, 11) is 1.89. The molecule has 0 unspecified atom stereocenters. The van der Waals surface area contributed by atoms with E-state index in [0.717, 1.165) is 19.4 Å². The summed E-state index contributed by atoms with van der Waals surface area (Å²) in [4.78, 5) is 1.74. The van der Waals surface area contributed by atoms with Crippen molar-refractivity contribution in [2.24, 2.45) is 0 Å². The molecule has 2 N–H and O–H groups in total. The zero-order valence-electron chi connectivity index (χ0n) is 12.8. The summed E-state index contributed by atoms with van der Waals surface area (Å²) in [6.45, 7) is 1.71. The summed E-state index contributed by atoms with van der Waals surface area (Å²) in [6, 6.07) is 4.17. The van der Waals surface area contributed by atoms with Crippen molar-refractivity contribution in [1.82, 2.24) is 14.9 Å². The highest BCUT2D eigenvalue weighted by Gasteiger charge is 2.18. The highest BCUT2D eigenvalue weighted by Crippen LogP contribution is 2.16. The molecule has 1 aromatic carbocycles. The third-order valence-electron chi connectivity index (χ3n) is 2.99. The van der Waals surface area contributed by atoms with E-state index in [1.54, 1.807) is 13.1 Å². The summed E-state index contributed by atoms with van der Waals surface area (Å²) in [6.07, 6.45) is 1.61. The molecule has 0 aromatic heterocycles. The predicted molar refractivity (Wildman–Crippen MR) is 82.1 cm³/mol. The summed E-state index contributed by atoms with van der Waals surface area (Å²) >= 11 is 0. The molecule has 0 spiro atoms. The Labute approximate surface area is 126 Å². The van der Waals surface area contributed by atoms with Crippen molar-refractivity contribution in [2.45, 2.75) is 24.3 Å². The maximum atomic E-state index is 13.9. The zero-order valence-corrected chi connectivity index (χ0v) is 13.6. The standard InChI is InChI=1S/C14H24FN3O2S/c1-16-11-12-6-7-14(13(15)10-12)21(19,20)17-8-4-5-9-18(2)3/h6-7,10,16-17H,4-5,8-9,11H2,1-3H3. The second-order valence-electron chi connectivity index (χ2n) is 5.20. The van der Waals surface area contributed by atoms with Gasteiger partial charge in [-0.3, -0.25) is 0 Å². The van der Waals surface area contributed by atoms with Crippen molar-refractivity contribution < 1.29 is 12.8 Å². The highest BCUT2D eigenvalue weighted by molar-refractivity contribution is 7.89. The SMILES string of the molecule is CNCc1ccc(S(=O)(=O)NCCCCN(C)C)c(F)c1. The first-order chi connectivity index (χ1) is 9.86. The van der Waals surface area contributed by atoms with Crippen molar-refractivity contribution in [3.05, 3.63) is 29.6 Å². The minimum atomic E-state index is -3.78. The largest absolute Gasteiger partial charge is 0.316 e. The minimum absolute atomic E-state index is 0.296. The Kier molecular flexibility index (Phi) is 7.24. The molecule has 21 heavy (non-hydrogen) atoms. The smallest absolute Gasteiger partial charge is 0.243 e. The van der Waals surface area contributed by atoms with Crippen LogP contribution in [0.2, 0.25) is 0 Å². The number of rotatable bonds is 9. The number of hydrogen-bond donors (Lipinski definition) is 2. The molecule has 120 valence electrons. The number of benzene rings is 1. The molecule has 0 aliphatic heterocycles. The van der Waals surface area contributed by atoms with Gasteiger partial charge in [0.25, 0.3) is 0 Å². The molecule has 7 heteroatoms. The lowest BCUT2D eigenvalue weighted by atomic mass is 10.2. The van der Waals surface area contributed by atoms with Crippen molar-refractivity contribution in [3.8, 4) is 0 Å². The molecule has 0 bridgehead atoms. The van der Waals surface area contributed by atoms with E-state index in [1.807, 2.05) is 19.0 Å². The zero-order chi connectivity index (χ0) is 15.9. The van der Waals surface area contributed by atoms with E-state index < -0.39 is 15.8 Å². The Morgan fingerprint density at radius 2 is 1.95 bits per heavy atom. The maximum absolute atomic E-state index is 13.9. The normalized spacial score (nSPS) is 12.0. The third kappa shape index (κ3) is 6.09. The van der Waals surface area contributed by atoms with Gasteiger partial charge in [0, 0.05) is 13.1 Å². The number of sulfonamides is 1. The molecular formula is C14H24FN3O2S. The van der Waals surface area contributed by atoms with Crippen LogP contribution in [-0.2, 0) is 16.6 Å². The molecule has 0 aliphatic carbocycles. The fourth-order valence-corrected chi connectivity index (χ4v) is 3.05. The van der Waals surface area contributed by atoms with Crippen LogP contribution in [0.5, 0.6) is 0 Å². The summed E-state index contributed by atoms with van der Waals surface area (Å²) in [5.74, 6) is -0.719. The molecule has 0 saturated carbocycles. The van der Waals surface area contributed by atoms with Gasteiger partial charge in [0.1, 0.15) is 10.7 Å². The van der Waals surface area contributed by atoms with Crippen LogP contribution in [0, 0.1) is 5.82 Å². The highest BCUT2D eigenvalue weighted by atomic mass is 32.2. The van der Waals surface area contributed by atoms with Gasteiger partial charge >= 0.3 is 0 Å². The number of halogens is 1. The fraction of sp³-hybridized carbons (Fsp3) is 0.571. The van der Waals surface area contributed by atoms with Gasteiger partial charge in [-0.05, 0) is 58.2 Å². The van der Waals surface area contributed by atoms with Crippen LogP contribution in [0.4, 0.5) is 4.39 Å². The lowest BCUT2D eigenvalue weighted by molar-refractivity contribution is 0.394. The topological polar surface area (TPSA) is 61.4 Å². The molecule has 1 rings (SSSR count). The maximum Gasteiger partial charge on any atom is 0.243 e. The third-order valence-corrected chi connectivity index (χ3v) is 4.49. The van der Waals surface area contributed by atoms with Gasteiger partial charge in [-0.25, -0.2) is 17.5 Å². The van der Waals surface area contributed by atoms with E-state index in [-0.39, 0.29) is 4.90 Å². The monoisotopic (exact) mass is 317 g/mol. The van der Waals surface area contributed by atoms with Crippen LogP contribution < -0.4 is 10.0 Å². The molecular weight excluding hydrogens is 293 g/mol. The number of nitrogens with zero attached hydrogens (tertiary/aromatic N) is 1. The molecule has 0 amide bonds. The lowest BCUT2D eigenvalue weighted by Gasteiger charge is -2.11. The Balaban J connectivity index is 2.61. The van der Waals surface area contributed by atoms with Crippen LogP contribution in [0.1, 0.15) is 18.4 Å². The van der Waals surface area contributed by atoms with Gasteiger partial charge in [0.15, 0.2) is 0 Å². The minimum Gasteiger partial charge on any atom is -0.316 e. The molecule has 0 atom stereocenters. The fourth-order valence-electron chi connectivity index (χ4n) is 1.91. The van der Waals surface area contributed by atoms with E-state index in [9.17, 15) is 12.8 Å². The van der Waals surface area contributed by atoms with Gasteiger partial charge in [0.05, 0.1) is 0 Å². The molecule has 0 saturated heterocycles. The first-order valence-electron chi connectivity index (χ1n) is 6.94. The van der Waals surface area contributed by atoms with E-state index in [2.05, 4.69) is 10.0 Å². The van der Waals surface area contributed by atoms with Crippen LogP contribution in [0.25, 0.3) is 0 Å². The van der Waals surface area contributed by atoms with Crippen LogP contribution >= 0.6 is 0 Å². The second kappa shape index (κ2) is 8.43. The number of unbranched alkanes of at least 4 members (excludes halogenated alkanes) is 1. The Morgan fingerprint density at radius 3 is 2.52 bits per heavy atom. The van der Waals surface area contributed by atoms with Gasteiger partial charge in [-0.15, -0.1) is 0 Å². The van der Waals surface area contributed by atoms with Crippen molar-refractivity contribution in [1.29, 1.82) is 0 Å². The Hall–Kier alpha value is -1.02. The van der Waals surface area contributed by atoms with Crippen LogP contribution in [0.15, 0.2) is 23.1 Å². The van der Waals surface area contributed by atoms with Gasteiger partial charge < -0.3 is 10.2 Å². The molecule has 0 aliphatic rings. The van der Waals surface area contributed by atoms with Gasteiger partial charge in [0.2, 0.25) is 10.0 Å². The van der Waals surface area contributed by atoms with Gasteiger partial charge in [-0.1, -0.05) is 6.07 Å². The quantitative estimate of drug-likeness (QED) is 0.671. The molecule has 5 nitrogen and oxygen atoms in total. The van der Waals surface area contributed by atoms with Crippen LogP contribution in [-0.4, -0.2) is 47.6 Å². The second-order valence-corrected chi connectivity index (χ2v) is 6.94. The first-order valence-corrected chi connectivity index (χ1v) is 8.42. The lowest BCUT2D eigenvalue weighted by Crippen LogP contribution is -2.26. The molecule has 0 radical (unpaired) electrons.